The molecule has 0 aliphatic carbocycles. The molecular weight excluding hydrogens is 504 g/mol. The van der Waals surface area contributed by atoms with Crippen LogP contribution in [0.4, 0.5) is 27.9 Å². The van der Waals surface area contributed by atoms with Gasteiger partial charge in [0.2, 0.25) is 5.95 Å². The van der Waals surface area contributed by atoms with E-state index in [-0.39, 0.29) is 6.09 Å². The molecule has 40 heavy (non-hydrogen) atoms. The van der Waals surface area contributed by atoms with Gasteiger partial charge in [-0.25, -0.2) is 9.78 Å². The Morgan fingerprint density at radius 2 is 2.08 bits per heavy atom. The Morgan fingerprint density at radius 3 is 2.90 bits per heavy atom. The second kappa shape index (κ2) is 13.2. The van der Waals surface area contributed by atoms with E-state index in [4.69, 9.17) is 4.74 Å². The second-order valence-corrected chi connectivity index (χ2v) is 11.2. The molecule has 10 nitrogen and oxygen atoms in total. The fraction of sp³-hybridized carbons (Fsp3) is 0.600. The minimum Gasteiger partial charge on any atom is -0.449 e. The van der Waals surface area contributed by atoms with Gasteiger partial charge in [0.25, 0.3) is 0 Å². The summed E-state index contributed by atoms with van der Waals surface area (Å²) in [5.74, 6) is 1.71. The van der Waals surface area contributed by atoms with Crippen LogP contribution in [0.1, 0.15) is 56.6 Å². The number of likely N-dealkylation sites (N-methyl/N-ethyl adjacent to an activating group) is 1. The van der Waals surface area contributed by atoms with Gasteiger partial charge in [0.15, 0.2) is 0 Å². The number of nitrogens with one attached hydrogen (secondary N) is 2. The van der Waals surface area contributed by atoms with E-state index < -0.39 is 0 Å². The van der Waals surface area contributed by atoms with Crippen LogP contribution in [0.15, 0.2) is 24.4 Å². The van der Waals surface area contributed by atoms with Gasteiger partial charge in [-0.2, -0.15) is 10.2 Å². The summed E-state index contributed by atoms with van der Waals surface area (Å²) in [6.07, 6.45) is 8.98. The summed E-state index contributed by atoms with van der Waals surface area (Å²) in [6, 6.07) is 9.45. The minimum absolute atomic E-state index is 0.253. The molecule has 214 valence electrons. The van der Waals surface area contributed by atoms with Crippen LogP contribution in [0.25, 0.3) is 0 Å². The summed E-state index contributed by atoms with van der Waals surface area (Å²) in [5, 5.41) is 16.2. The Morgan fingerprint density at radius 1 is 1.18 bits per heavy atom. The van der Waals surface area contributed by atoms with E-state index in [2.05, 4.69) is 68.6 Å². The molecule has 0 unspecified atom stereocenters. The number of cyclic esters (lactones) is 1. The Labute approximate surface area is 237 Å². The third-order valence-electron chi connectivity index (χ3n) is 8.51. The number of hydrogen-bond acceptors (Lipinski definition) is 9. The Hall–Kier alpha value is -3.58. The van der Waals surface area contributed by atoms with Gasteiger partial charge in [-0.1, -0.05) is 6.92 Å². The molecule has 1 aromatic heterocycles. The summed E-state index contributed by atoms with van der Waals surface area (Å²) in [4.78, 5) is 27.7. The molecule has 2 bridgehead atoms. The molecule has 3 aliphatic rings. The van der Waals surface area contributed by atoms with Gasteiger partial charge >= 0.3 is 6.09 Å². The molecule has 0 radical (unpaired) electrons. The topological polar surface area (TPSA) is 110 Å². The van der Waals surface area contributed by atoms with Crippen LogP contribution in [0.5, 0.6) is 0 Å². The SMILES string of the molecule is CCc1cc(N2C[C@H]3CCCN(C)[C@H](CC3)C2)ccc1Nc1ncc(C#N)c(NCCCN2CCCOC2=O)n1. The van der Waals surface area contributed by atoms with E-state index in [1.165, 1.54) is 43.5 Å². The number of amides is 1. The van der Waals surface area contributed by atoms with E-state index >= 15 is 0 Å². The maximum absolute atomic E-state index is 11.8. The fourth-order valence-corrected chi connectivity index (χ4v) is 6.12. The summed E-state index contributed by atoms with van der Waals surface area (Å²) in [7, 11) is 2.28. The molecule has 3 aliphatic heterocycles. The lowest BCUT2D eigenvalue weighted by Gasteiger charge is -2.32. The first kappa shape index (κ1) is 28.0. The molecule has 4 heterocycles. The lowest BCUT2D eigenvalue weighted by Crippen LogP contribution is -2.41. The van der Waals surface area contributed by atoms with Crippen LogP contribution in [0, 0.1) is 17.2 Å². The van der Waals surface area contributed by atoms with Crippen molar-refractivity contribution in [2.24, 2.45) is 5.92 Å². The lowest BCUT2D eigenvalue weighted by atomic mass is 9.94. The molecule has 5 rings (SSSR count). The molecule has 3 fully saturated rings. The van der Waals surface area contributed by atoms with E-state index in [0.29, 0.717) is 43.1 Å². The van der Waals surface area contributed by atoms with Gasteiger partial charge in [0.05, 0.1) is 12.8 Å². The van der Waals surface area contributed by atoms with Crippen molar-refractivity contribution < 1.29 is 9.53 Å². The van der Waals surface area contributed by atoms with Crippen molar-refractivity contribution in [2.45, 2.75) is 57.9 Å². The number of fused-ring (bicyclic) bond motifs is 3. The highest BCUT2D eigenvalue weighted by Crippen LogP contribution is 2.32. The highest BCUT2D eigenvalue weighted by Gasteiger charge is 2.29. The predicted molar refractivity (Wildman–Crippen MR) is 157 cm³/mol. The van der Waals surface area contributed by atoms with Crippen molar-refractivity contribution in [2.75, 3.05) is 68.5 Å². The van der Waals surface area contributed by atoms with E-state index in [0.717, 1.165) is 50.5 Å². The van der Waals surface area contributed by atoms with Crippen molar-refractivity contribution in [3.8, 4) is 6.07 Å². The van der Waals surface area contributed by atoms with Gasteiger partial charge in [0, 0.05) is 50.1 Å². The molecule has 10 heteroatoms. The molecular formula is C30H42N8O2. The number of carbonyl (C=O) groups excluding carboxylic acids is 1. The molecule has 2 N–H and O–H groups in total. The van der Waals surface area contributed by atoms with Crippen molar-refractivity contribution in [3.05, 3.63) is 35.5 Å². The molecule has 2 aromatic rings. The largest absolute Gasteiger partial charge is 0.449 e. The highest BCUT2D eigenvalue weighted by molar-refractivity contribution is 5.68. The minimum atomic E-state index is -0.253. The first-order valence-electron chi connectivity index (χ1n) is 14.8. The van der Waals surface area contributed by atoms with Crippen LogP contribution < -0.4 is 15.5 Å². The van der Waals surface area contributed by atoms with Crippen molar-refractivity contribution in [1.82, 2.24) is 19.8 Å². The number of rotatable bonds is 9. The summed E-state index contributed by atoms with van der Waals surface area (Å²) in [6.45, 7) is 7.98. The second-order valence-electron chi connectivity index (χ2n) is 11.2. The first-order valence-corrected chi connectivity index (χ1v) is 14.8. The van der Waals surface area contributed by atoms with Crippen LogP contribution in [0.3, 0.4) is 0 Å². The maximum atomic E-state index is 11.8. The fourth-order valence-electron chi connectivity index (χ4n) is 6.12. The van der Waals surface area contributed by atoms with Gasteiger partial charge in [0.1, 0.15) is 17.5 Å². The molecule has 1 aromatic carbocycles. The van der Waals surface area contributed by atoms with Gasteiger partial charge in [-0.15, -0.1) is 0 Å². The Balaban J connectivity index is 1.25. The Kier molecular flexibility index (Phi) is 9.22. The number of ether oxygens (including phenoxy) is 1. The first-order chi connectivity index (χ1) is 19.5. The van der Waals surface area contributed by atoms with Crippen LogP contribution in [0.2, 0.25) is 0 Å². The van der Waals surface area contributed by atoms with E-state index in [1.807, 2.05) is 0 Å². The number of benzene rings is 1. The highest BCUT2D eigenvalue weighted by atomic mass is 16.6. The molecule has 0 saturated carbocycles. The van der Waals surface area contributed by atoms with Crippen LogP contribution in [-0.4, -0.2) is 84.8 Å². The number of likely N-dealkylation sites (tertiary alicyclic amines) is 1. The number of carbonyl (C=O) groups is 1. The maximum Gasteiger partial charge on any atom is 0.409 e. The van der Waals surface area contributed by atoms with Crippen molar-refractivity contribution in [1.29, 1.82) is 5.26 Å². The van der Waals surface area contributed by atoms with Crippen molar-refractivity contribution in [3.63, 3.8) is 0 Å². The van der Waals surface area contributed by atoms with Gasteiger partial charge < -0.3 is 30.1 Å². The summed E-state index contributed by atoms with van der Waals surface area (Å²) < 4.78 is 5.10. The molecule has 2 atom stereocenters. The number of anilines is 4. The predicted octanol–water partition coefficient (Wildman–Crippen LogP) is 4.61. The van der Waals surface area contributed by atoms with E-state index in [1.54, 1.807) is 11.1 Å². The zero-order valence-electron chi connectivity index (χ0n) is 23.9. The molecule has 0 spiro atoms. The normalized spacial score (nSPS) is 21.7. The third-order valence-corrected chi connectivity index (χ3v) is 8.51. The number of nitriles is 1. The molecule has 1 amide bonds. The van der Waals surface area contributed by atoms with Gasteiger partial charge in [-0.3, -0.25) is 0 Å². The van der Waals surface area contributed by atoms with E-state index in [9.17, 15) is 10.1 Å². The standard InChI is InChI=1S/C30H42N8O2/c1-3-23-17-25(38-20-22-7-4-13-36(2)26(21-38)9-8-22)10-11-27(23)34-29-33-19-24(18-31)28(35-29)32-12-5-14-37-15-6-16-40-30(37)39/h10-11,17,19,22,26H,3-9,12-16,20-21H2,1-2H3,(H2,32,33,34,35)/t22-,26+/m0/s1. The smallest absolute Gasteiger partial charge is 0.409 e. The summed E-state index contributed by atoms with van der Waals surface area (Å²) >= 11 is 0. The number of hydrogen-bond donors (Lipinski definition) is 2. The third kappa shape index (κ3) is 6.76. The van der Waals surface area contributed by atoms with Crippen LogP contribution >= 0.6 is 0 Å². The summed E-state index contributed by atoms with van der Waals surface area (Å²) in [5.41, 5.74) is 3.88. The van der Waals surface area contributed by atoms with Crippen LogP contribution in [-0.2, 0) is 11.2 Å². The Bertz CT molecular complexity index is 1210. The van der Waals surface area contributed by atoms with Crippen molar-refractivity contribution >= 4 is 29.2 Å². The van der Waals surface area contributed by atoms with Gasteiger partial charge in [-0.05, 0) is 88.2 Å². The number of nitrogens with zero attached hydrogens (tertiary/aromatic N) is 6. The zero-order valence-corrected chi connectivity index (χ0v) is 23.9. The average molecular weight is 547 g/mol. The lowest BCUT2D eigenvalue weighted by molar-refractivity contribution is 0.0729. The monoisotopic (exact) mass is 546 g/mol. The number of aryl methyl sites for hydroxylation is 1. The molecule has 3 saturated heterocycles. The number of aromatic nitrogens is 2. The average Bonchev–Trinajstić information content (AvgIpc) is 3.14. The quantitative estimate of drug-likeness (QED) is 0.436. The zero-order chi connectivity index (χ0) is 27.9.